The number of benzene rings is 1. The van der Waals surface area contributed by atoms with Gasteiger partial charge in [0.2, 0.25) is 0 Å². The number of anilines is 1. The summed E-state index contributed by atoms with van der Waals surface area (Å²) in [5.74, 6) is -0.148. The van der Waals surface area contributed by atoms with Gasteiger partial charge in [-0.2, -0.15) is 0 Å². The SMILES string of the molecule is CN(C(=O)c1cnc(Sc2ncc(-c3ccccc3)n2C)n1C)c1cccnc1. The lowest BCUT2D eigenvalue weighted by Gasteiger charge is -2.17. The van der Waals surface area contributed by atoms with Crippen molar-refractivity contribution in [3.05, 3.63) is 72.9 Å². The van der Waals surface area contributed by atoms with Crippen molar-refractivity contribution in [2.75, 3.05) is 11.9 Å². The molecule has 146 valence electrons. The Hall–Kier alpha value is -3.39. The predicted molar refractivity (Wildman–Crippen MR) is 113 cm³/mol. The summed E-state index contributed by atoms with van der Waals surface area (Å²) in [6.45, 7) is 0. The first kappa shape index (κ1) is 18.9. The van der Waals surface area contributed by atoms with Gasteiger partial charge in [-0.05, 0) is 29.5 Å². The smallest absolute Gasteiger partial charge is 0.276 e. The molecule has 0 fully saturated rings. The van der Waals surface area contributed by atoms with E-state index in [0.29, 0.717) is 10.9 Å². The van der Waals surface area contributed by atoms with Crippen molar-refractivity contribution in [2.24, 2.45) is 14.1 Å². The van der Waals surface area contributed by atoms with Gasteiger partial charge < -0.3 is 14.0 Å². The summed E-state index contributed by atoms with van der Waals surface area (Å²) < 4.78 is 3.81. The molecule has 0 atom stereocenters. The van der Waals surface area contributed by atoms with Gasteiger partial charge in [0.1, 0.15) is 5.69 Å². The van der Waals surface area contributed by atoms with Crippen LogP contribution in [0.2, 0.25) is 0 Å². The fourth-order valence-electron chi connectivity index (χ4n) is 2.97. The topological polar surface area (TPSA) is 68.8 Å². The highest BCUT2D eigenvalue weighted by molar-refractivity contribution is 7.99. The largest absolute Gasteiger partial charge is 0.322 e. The van der Waals surface area contributed by atoms with E-state index in [9.17, 15) is 4.79 Å². The van der Waals surface area contributed by atoms with Crippen LogP contribution in [0.15, 0.2) is 77.6 Å². The molecule has 4 aromatic rings. The first-order valence-corrected chi connectivity index (χ1v) is 9.82. The summed E-state index contributed by atoms with van der Waals surface area (Å²) in [5.41, 5.74) is 3.35. The zero-order valence-electron chi connectivity index (χ0n) is 16.4. The highest BCUT2D eigenvalue weighted by Crippen LogP contribution is 2.29. The Morgan fingerprint density at radius 1 is 0.931 bits per heavy atom. The number of rotatable bonds is 5. The monoisotopic (exact) mass is 404 g/mol. The van der Waals surface area contributed by atoms with Crippen LogP contribution in [0.4, 0.5) is 5.69 Å². The van der Waals surface area contributed by atoms with Crippen LogP contribution in [0.1, 0.15) is 10.5 Å². The summed E-state index contributed by atoms with van der Waals surface area (Å²) in [5, 5.41) is 1.50. The van der Waals surface area contributed by atoms with Crippen molar-refractivity contribution in [2.45, 2.75) is 10.3 Å². The minimum absolute atomic E-state index is 0.148. The fourth-order valence-corrected chi connectivity index (χ4v) is 3.82. The van der Waals surface area contributed by atoms with E-state index in [0.717, 1.165) is 22.1 Å². The molecule has 0 unspecified atom stereocenters. The van der Waals surface area contributed by atoms with Crippen LogP contribution in [-0.2, 0) is 14.1 Å². The molecule has 0 aliphatic heterocycles. The van der Waals surface area contributed by atoms with Gasteiger partial charge in [-0.15, -0.1) is 0 Å². The summed E-state index contributed by atoms with van der Waals surface area (Å²) in [6.07, 6.45) is 6.78. The maximum absolute atomic E-state index is 12.9. The lowest BCUT2D eigenvalue weighted by Crippen LogP contribution is -2.28. The molecule has 0 bridgehead atoms. The Kier molecular flexibility index (Phi) is 5.18. The molecule has 0 aliphatic rings. The number of aromatic nitrogens is 5. The molecule has 1 aromatic carbocycles. The van der Waals surface area contributed by atoms with E-state index < -0.39 is 0 Å². The quantitative estimate of drug-likeness (QED) is 0.508. The third-order valence-electron chi connectivity index (χ3n) is 4.70. The summed E-state index contributed by atoms with van der Waals surface area (Å²) in [7, 11) is 5.54. The van der Waals surface area contributed by atoms with Gasteiger partial charge in [0.25, 0.3) is 5.91 Å². The van der Waals surface area contributed by atoms with Crippen molar-refractivity contribution in [1.29, 1.82) is 0 Å². The predicted octanol–water partition coefficient (Wildman–Crippen LogP) is 3.64. The Morgan fingerprint density at radius 3 is 2.38 bits per heavy atom. The maximum Gasteiger partial charge on any atom is 0.276 e. The Bertz CT molecular complexity index is 1140. The number of carbonyl (C=O) groups is 1. The number of imidazole rings is 2. The average Bonchev–Trinajstić information content (AvgIpc) is 3.31. The molecular formula is C21H20N6OS. The third-order valence-corrected chi connectivity index (χ3v) is 5.82. The third kappa shape index (κ3) is 3.66. The molecule has 8 heteroatoms. The van der Waals surface area contributed by atoms with Gasteiger partial charge in [-0.3, -0.25) is 9.78 Å². The zero-order chi connectivity index (χ0) is 20.4. The molecule has 0 spiro atoms. The van der Waals surface area contributed by atoms with Gasteiger partial charge in [0, 0.05) is 27.3 Å². The van der Waals surface area contributed by atoms with Gasteiger partial charge in [0.05, 0.1) is 30.0 Å². The van der Waals surface area contributed by atoms with Crippen molar-refractivity contribution in [3.8, 4) is 11.3 Å². The summed E-state index contributed by atoms with van der Waals surface area (Å²) >= 11 is 1.42. The van der Waals surface area contributed by atoms with Crippen LogP contribution < -0.4 is 4.90 Å². The van der Waals surface area contributed by atoms with Gasteiger partial charge in [0.15, 0.2) is 10.3 Å². The van der Waals surface area contributed by atoms with Gasteiger partial charge >= 0.3 is 0 Å². The van der Waals surface area contributed by atoms with Crippen LogP contribution >= 0.6 is 11.8 Å². The van der Waals surface area contributed by atoms with Crippen molar-refractivity contribution < 1.29 is 4.79 Å². The molecule has 4 rings (SSSR count). The molecule has 0 saturated carbocycles. The molecule has 0 radical (unpaired) electrons. The van der Waals surface area contributed by atoms with E-state index in [2.05, 4.69) is 27.1 Å². The summed E-state index contributed by atoms with van der Waals surface area (Å²) in [4.78, 5) is 27.5. The molecule has 0 aliphatic carbocycles. The van der Waals surface area contributed by atoms with Crippen molar-refractivity contribution in [3.63, 3.8) is 0 Å². The lowest BCUT2D eigenvalue weighted by molar-refractivity contribution is 0.0984. The maximum atomic E-state index is 12.9. The number of nitrogens with zero attached hydrogens (tertiary/aromatic N) is 6. The van der Waals surface area contributed by atoms with E-state index in [4.69, 9.17) is 0 Å². The molecule has 3 aromatic heterocycles. The normalized spacial score (nSPS) is 10.9. The van der Waals surface area contributed by atoms with E-state index in [1.165, 1.54) is 11.8 Å². The fraction of sp³-hybridized carbons (Fsp3) is 0.143. The van der Waals surface area contributed by atoms with Crippen LogP contribution in [-0.4, -0.2) is 37.0 Å². The molecule has 1 amide bonds. The van der Waals surface area contributed by atoms with Crippen LogP contribution in [0, 0.1) is 0 Å². The summed E-state index contributed by atoms with van der Waals surface area (Å²) in [6, 6.07) is 13.7. The van der Waals surface area contributed by atoms with Crippen molar-refractivity contribution >= 4 is 23.4 Å². The second-order valence-corrected chi connectivity index (χ2v) is 7.45. The average molecular weight is 404 g/mol. The van der Waals surface area contributed by atoms with Gasteiger partial charge in [-0.1, -0.05) is 30.3 Å². The molecule has 0 saturated heterocycles. The number of hydrogen-bond acceptors (Lipinski definition) is 5. The second-order valence-electron chi connectivity index (χ2n) is 6.51. The molecule has 7 nitrogen and oxygen atoms in total. The first-order chi connectivity index (χ1) is 14.1. The van der Waals surface area contributed by atoms with Crippen LogP contribution in [0.3, 0.4) is 0 Å². The second kappa shape index (κ2) is 7.92. The minimum atomic E-state index is -0.148. The first-order valence-electron chi connectivity index (χ1n) is 9.01. The molecule has 0 N–H and O–H groups in total. The van der Waals surface area contributed by atoms with Crippen LogP contribution in [0.25, 0.3) is 11.3 Å². The van der Waals surface area contributed by atoms with E-state index in [-0.39, 0.29) is 5.91 Å². The standard InChI is InChI=1S/C21H20N6OS/c1-25(16-10-7-11-22-12-16)19(28)18-14-24-21(27(18)3)29-20-23-13-17(26(20)2)15-8-5-4-6-9-15/h4-14H,1-3H3. The van der Waals surface area contributed by atoms with Crippen molar-refractivity contribution in [1.82, 2.24) is 24.1 Å². The van der Waals surface area contributed by atoms with Crippen LogP contribution in [0.5, 0.6) is 0 Å². The number of hydrogen-bond donors (Lipinski definition) is 0. The van der Waals surface area contributed by atoms with E-state index in [1.807, 2.05) is 49.1 Å². The Morgan fingerprint density at radius 2 is 1.66 bits per heavy atom. The highest BCUT2D eigenvalue weighted by Gasteiger charge is 2.21. The molecular weight excluding hydrogens is 384 g/mol. The molecule has 29 heavy (non-hydrogen) atoms. The Labute approximate surface area is 173 Å². The lowest BCUT2D eigenvalue weighted by atomic mass is 10.2. The number of carbonyl (C=O) groups excluding carboxylic acids is 1. The minimum Gasteiger partial charge on any atom is -0.322 e. The van der Waals surface area contributed by atoms with E-state index >= 15 is 0 Å². The van der Waals surface area contributed by atoms with E-state index in [1.54, 1.807) is 41.2 Å². The Balaban J connectivity index is 1.57. The highest BCUT2D eigenvalue weighted by atomic mass is 32.2. The molecule has 3 heterocycles. The van der Waals surface area contributed by atoms with Gasteiger partial charge in [-0.25, -0.2) is 9.97 Å². The number of pyridine rings is 1. The number of amides is 1. The zero-order valence-corrected chi connectivity index (χ0v) is 17.2.